The van der Waals surface area contributed by atoms with Gasteiger partial charge in [0.1, 0.15) is 5.82 Å². The summed E-state index contributed by atoms with van der Waals surface area (Å²) in [5.74, 6) is -0.319. The van der Waals surface area contributed by atoms with Gasteiger partial charge in [0.2, 0.25) is 0 Å². The molecule has 0 aliphatic heterocycles. The van der Waals surface area contributed by atoms with Gasteiger partial charge in [0.15, 0.2) is 0 Å². The molecule has 5 heteroatoms. The van der Waals surface area contributed by atoms with E-state index >= 15 is 0 Å². The Balaban J connectivity index is 2.21. The number of urea groups is 1. The number of carbonyl (C=O) groups excluding carboxylic acids is 1. The number of hydrogen-bond acceptors (Lipinski definition) is 2. The lowest BCUT2D eigenvalue weighted by atomic mass is 10.2. The molecule has 0 bridgehead atoms. The first-order valence-electron chi connectivity index (χ1n) is 6.06. The van der Waals surface area contributed by atoms with E-state index in [1.165, 1.54) is 12.1 Å². The Morgan fingerprint density at radius 2 is 2.22 bits per heavy atom. The highest BCUT2D eigenvalue weighted by molar-refractivity contribution is 5.73. The van der Waals surface area contributed by atoms with Crippen molar-refractivity contribution in [1.82, 2.24) is 10.6 Å². The fourth-order valence-corrected chi connectivity index (χ4v) is 1.45. The molecule has 0 spiro atoms. The molecule has 0 saturated carbocycles. The zero-order valence-electron chi connectivity index (χ0n) is 10.4. The Morgan fingerprint density at radius 1 is 1.44 bits per heavy atom. The van der Waals surface area contributed by atoms with Crippen molar-refractivity contribution < 1.29 is 14.3 Å². The SMILES string of the molecule is CCC(O)CCNC(=O)NCc1cccc(F)c1. The molecule has 1 rings (SSSR count). The van der Waals surface area contributed by atoms with Crippen molar-refractivity contribution in [2.24, 2.45) is 0 Å². The highest BCUT2D eigenvalue weighted by Crippen LogP contribution is 2.02. The van der Waals surface area contributed by atoms with Gasteiger partial charge >= 0.3 is 6.03 Å². The van der Waals surface area contributed by atoms with E-state index < -0.39 is 0 Å². The fourth-order valence-electron chi connectivity index (χ4n) is 1.45. The predicted octanol–water partition coefficient (Wildman–Crippen LogP) is 1.79. The zero-order valence-corrected chi connectivity index (χ0v) is 10.4. The van der Waals surface area contributed by atoms with Gasteiger partial charge in [-0.05, 0) is 30.5 Å². The molecule has 18 heavy (non-hydrogen) atoms. The molecule has 1 aromatic carbocycles. The summed E-state index contributed by atoms with van der Waals surface area (Å²) in [7, 11) is 0. The average molecular weight is 254 g/mol. The molecule has 4 nitrogen and oxygen atoms in total. The van der Waals surface area contributed by atoms with Crippen LogP contribution in [-0.2, 0) is 6.54 Å². The predicted molar refractivity (Wildman–Crippen MR) is 67.6 cm³/mol. The van der Waals surface area contributed by atoms with E-state index in [-0.39, 0.29) is 24.5 Å². The second kappa shape index (κ2) is 7.66. The highest BCUT2D eigenvalue weighted by atomic mass is 19.1. The van der Waals surface area contributed by atoms with Crippen LogP contribution in [0.15, 0.2) is 24.3 Å². The molecule has 2 amide bonds. The third-order valence-electron chi connectivity index (χ3n) is 2.58. The Bertz CT molecular complexity index is 385. The van der Waals surface area contributed by atoms with Gasteiger partial charge < -0.3 is 15.7 Å². The Labute approximate surface area is 106 Å². The van der Waals surface area contributed by atoms with Crippen molar-refractivity contribution in [2.45, 2.75) is 32.4 Å². The van der Waals surface area contributed by atoms with Gasteiger partial charge in [-0.2, -0.15) is 0 Å². The van der Waals surface area contributed by atoms with E-state index in [1.54, 1.807) is 12.1 Å². The summed E-state index contributed by atoms with van der Waals surface area (Å²) in [5.41, 5.74) is 0.707. The molecule has 0 radical (unpaired) electrons. The number of nitrogens with one attached hydrogen (secondary N) is 2. The molecule has 0 aliphatic rings. The third-order valence-corrected chi connectivity index (χ3v) is 2.58. The lowest BCUT2D eigenvalue weighted by Crippen LogP contribution is -2.36. The van der Waals surface area contributed by atoms with Gasteiger partial charge in [-0.3, -0.25) is 0 Å². The van der Waals surface area contributed by atoms with Gasteiger partial charge in [-0.15, -0.1) is 0 Å². The first kappa shape index (κ1) is 14.4. The minimum Gasteiger partial charge on any atom is -0.393 e. The van der Waals surface area contributed by atoms with Crippen molar-refractivity contribution in [3.8, 4) is 0 Å². The number of aliphatic hydroxyl groups is 1. The molecule has 0 aliphatic carbocycles. The van der Waals surface area contributed by atoms with Crippen LogP contribution in [0.3, 0.4) is 0 Å². The van der Waals surface area contributed by atoms with Crippen molar-refractivity contribution >= 4 is 6.03 Å². The van der Waals surface area contributed by atoms with Crippen molar-refractivity contribution in [1.29, 1.82) is 0 Å². The number of amides is 2. The van der Waals surface area contributed by atoms with Crippen LogP contribution in [-0.4, -0.2) is 23.8 Å². The molecule has 0 fully saturated rings. The Hall–Kier alpha value is -1.62. The van der Waals surface area contributed by atoms with Crippen LogP contribution in [0.4, 0.5) is 9.18 Å². The first-order valence-corrected chi connectivity index (χ1v) is 6.06. The summed E-state index contributed by atoms with van der Waals surface area (Å²) in [6, 6.07) is 5.76. The van der Waals surface area contributed by atoms with E-state index in [4.69, 9.17) is 0 Å². The summed E-state index contributed by atoms with van der Waals surface area (Å²) in [4.78, 5) is 11.4. The lowest BCUT2D eigenvalue weighted by Gasteiger charge is -2.10. The second-order valence-electron chi connectivity index (χ2n) is 4.09. The summed E-state index contributed by atoms with van der Waals surface area (Å²) in [6.45, 7) is 2.58. The number of benzene rings is 1. The van der Waals surface area contributed by atoms with Gasteiger partial charge in [0, 0.05) is 13.1 Å². The average Bonchev–Trinajstić information content (AvgIpc) is 2.36. The largest absolute Gasteiger partial charge is 0.393 e. The monoisotopic (exact) mass is 254 g/mol. The number of halogens is 1. The van der Waals surface area contributed by atoms with Crippen molar-refractivity contribution in [3.63, 3.8) is 0 Å². The standard InChI is InChI=1S/C13H19FN2O2/c1-2-12(17)6-7-15-13(18)16-9-10-4-3-5-11(14)8-10/h3-5,8,12,17H,2,6-7,9H2,1H3,(H2,15,16,18). The van der Waals surface area contributed by atoms with Crippen LogP contribution < -0.4 is 10.6 Å². The molecule has 1 atom stereocenters. The highest BCUT2D eigenvalue weighted by Gasteiger charge is 2.03. The van der Waals surface area contributed by atoms with Crippen LogP contribution in [0, 0.1) is 5.82 Å². The summed E-state index contributed by atoms with van der Waals surface area (Å²) in [5, 5.41) is 14.5. The van der Waals surface area contributed by atoms with Crippen LogP contribution in [0.5, 0.6) is 0 Å². The fraction of sp³-hybridized carbons (Fsp3) is 0.462. The minimum atomic E-state index is -0.381. The smallest absolute Gasteiger partial charge is 0.315 e. The topological polar surface area (TPSA) is 61.4 Å². The summed E-state index contributed by atoms with van der Waals surface area (Å²) < 4.78 is 12.9. The third kappa shape index (κ3) is 5.63. The van der Waals surface area contributed by atoms with Crippen LogP contribution >= 0.6 is 0 Å². The second-order valence-corrected chi connectivity index (χ2v) is 4.09. The maximum atomic E-state index is 12.9. The normalized spacial score (nSPS) is 11.9. The molecule has 0 saturated heterocycles. The molecule has 0 aromatic heterocycles. The molecule has 100 valence electrons. The molecule has 3 N–H and O–H groups in total. The Kier molecular flexibility index (Phi) is 6.14. The van der Waals surface area contributed by atoms with Gasteiger partial charge in [-0.25, -0.2) is 9.18 Å². The van der Waals surface area contributed by atoms with E-state index in [0.717, 1.165) is 0 Å². The number of hydrogen-bond donors (Lipinski definition) is 3. The molecule has 0 heterocycles. The summed E-state index contributed by atoms with van der Waals surface area (Å²) >= 11 is 0. The van der Waals surface area contributed by atoms with Gasteiger partial charge in [0.05, 0.1) is 6.10 Å². The quantitative estimate of drug-likeness (QED) is 0.724. The number of aliphatic hydroxyl groups excluding tert-OH is 1. The molecular weight excluding hydrogens is 235 g/mol. The van der Waals surface area contributed by atoms with Crippen molar-refractivity contribution in [3.05, 3.63) is 35.6 Å². The number of rotatable bonds is 6. The van der Waals surface area contributed by atoms with Gasteiger partial charge in [-0.1, -0.05) is 19.1 Å². The number of carbonyl (C=O) groups is 1. The van der Waals surface area contributed by atoms with Crippen LogP contribution in [0.1, 0.15) is 25.3 Å². The molecular formula is C13H19FN2O2. The first-order chi connectivity index (χ1) is 8.61. The van der Waals surface area contributed by atoms with Gasteiger partial charge in [0.25, 0.3) is 0 Å². The van der Waals surface area contributed by atoms with Crippen LogP contribution in [0.25, 0.3) is 0 Å². The van der Waals surface area contributed by atoms with E-state index in [0.29, 0.717) is 24.9 Å². The maximum Gasteiger partial charge on any atom is 0.315 e. The van der Waals surface area contributed by atoms with Crippen LogP contribution in [0.2, 0.25) is 0 Å². The maximum absolute atomic E-state index is 12.9. The van der Waals surface area contributed by atoms with E-state index in [9.17, 15) is 14.3 Å². The Morgan fingerprint density at radius 3 is 2.89 bits per heavy atom. The molecule has 1 aromatic rings. The zero-order chi connectivity index (χ0) is 13.4. The summed E-state index contributed by atoms with van der Waals surface area (Å²) in [6.07, 6.45) is 0.824. The van der Waals surface area contributed by atoms with Crippen molar-refractivity contribution in [2.75, 3.05) is 6.54 Å². The molecule has 1 unspecified atom stereocenters. The van der Waals surface area contributed by atoms with E-state index in [1.807, 2.05) is 6.92 Å². The van der Waals surface area contributed by atoms with E-state index in [2.05, 4.69) is 10.6 Å². The minimum absolute atomic E-state index is 0.278. The lowest BCUT2D eigenvalue weighted by molar-refractivity contribution is 0.160.